The Bertz CT molecular complexity index is 863. The lowest BCUT2D eigenvalue weighted by Gasteiger charge is -2.09. The second kappa shape index (κ2) is 5.87. The van der Waals surface area contributed by atoms with Gasteiger partial charge in [-0.15, -0.1) is 0 Å². The summed E-state index contributed by atoms with van der Waals surface area (Å²) in [6.07, 6.45) is 1.71. The Hall–Kier alpha value is -1.85. The number of aromatic nitrogens is 2. The number of fused-ring (bicyclic) bond motifs is 1. The molecule has 21 heavy (non-hydrogen) atoms. The molecular weight excluding hydrogens is 354 g/mol. The summed E-state index contributed by atoms with van der Waals surface area (Å²) >= 11 is 9.35. The summed E-state index contributed by atoms with van der Waals surface area (Å²) in [5.41, 5.74) is 2.13. The van der Waals surface area contributed by atoms with E-state index in [2.05, 4.69) is 26.2 Å². The second-order valence-corrected chi connectivity index (χ2v) is 5.78. The fourth-order valence-electron chi connectivity index (χ4n) is 2.01. The smallest absolute Gasteiger partial charge is 0.258 e. The lowest BCUT2D eigenvalue weighted by atomic mass is 10.3. The van der Waals surface area contributed by atoms with Crippen molar-refractivity contribution in [2.75, 3.05) is 5.32 Å². The molecule has 0 aliphatic rings. The van der Waals surface area contributed by atoms with E-state index in [1.165, 1.54) is 10.5 Å². The molecule has 2 aromatic heterocycles. The highest BCUT2D eigenvalue weighted by molar-refractivity contribution is 9.10. The van der Waals surface area contributed by atoms with E-state index in [1.54, 1.807) is 18.3 Å². The van der Waals surface area contributed by atoms with Crippen molar-refractivity contribution in [2.45, 2.75) is 6.54 Å². The van der Waals surface area contributed by atoms with Gasteiger partial charge in [0.25, 0.3) is 5.56 Å². The van der Waals surface area contributed by atoms with Crippen LogP contribution < -0.4 is 10.9 Å². The average molecular weight is 365 g/mol. The fourth-order valence-corrected chi connectivity index (χ4v) is 2.84. The molecule has 0 amide bonds. The predicted octanol–water partition coefficient (Wildman–Crippen LogP) is 3.72. The van der Waals surface area contributed by atoms with E-state index in [-0.39, 0.29) is 5.56 Å². The van der Waals surface area contributed by atoms with Gasteiger partial charge in [-0.25, -0.2) is 4.98 Å². The van der Waals surface area contributed by atoms with Gasteiger partial charge in [0.15, 0.2) is 0 Å². The molecule has 106 valence electrons. The summed E-state index contributed by atoms with van der Waals surface area (Å²) in [5.74, 6) is 0. The van der Waals surface area contributed by atoms with Crippen molar-refractivity contribution in [2.24, 2.45) is 0 Å². The maximum atomic E-state index is 12.0. The first-order chi connectivity index (χ1) is 10.1. The molecule has 0 radical (unpaired) electrons. The summed E-state index contributed by atoms with van der Waals surface area (Å²) in [4.78, 5) is 16.4. The van der Waals surface area contributed by atoms with Gasteiger partial charge in [0.05, 0.1) is 12.2 Å². The van der Waals surface area contributed by atoms with Crippen molar-refractivity contribution in [1.82, 2.24) is 9.38 Å². The van der Waals surface area contributed by atoms with E-state index in [9.17, 15) is 4.79 Å². The third kappa shape index (κ3) is 3.09. The number of hydrogen-bond acceptors (Lipinski definition) is 3. The van der Waals surface area contributed by atoms with Crippen molar-refractivity contribution in [3.8, 4) is 0 Å². The summed E-state index contributed by atoms with van der Waals surface area (Å²) in [7, 11) is 0. The molecule has 0 aliphatic heterocycles. The Balaban J connectivity index is 1.87. The second-order valence-electron chi connectivity index (χ2n) is 4.49. The van der Waals surface area contributed by atoms with Gasteiger partial charge in [-0.1, -0.05) is 17.7 Å². The largest absolute Gasteiger partial charge is 0.378 e. The molecule has 0 aliphatic carbocycles. The normalized spacial score (nSPS) is 10.8. The van der Waals surface area contributed by atoms with E-state index < -0.39 is 0 Å². The lowest BCUT2D eigenvalue weighted by Crippen LogP contribution is -2.16. The zero-order valence-corrected chi connectivity index (χ0v) is 13.2. The van der Waals surface area contributed by atoms with E-state index >= 15 is 0 Å². The molecule has 0 fully saturated rings. The van der Waals surface area contributed by atoms with Crippen LogP contribution in [0.25, 0.3) is 5.65 Å². The molecule has 4 nitrogen and oxygen atoms in total. The number of benzene rings is 1. The Labute approximate surface area is 134 Å². The van der Waals surface area contributed by atoms with Gasteiger partial charge in [-0.05, 0) is 46.3 Å². The lowest BCUT2D eigenvalue weighted by molar-refractivity contribution is 0.971. The van der Waals surface area contributed by atoms with Gasteiger partial charge in [-0.3, -0.25) is 9.20 Å². The van der Waals surface area contributed by atoms with Crippen LogP contribution in [0.15, 0.2) is 57.9 Å². The standard InChI is InChI=1S/C15H11BrClN3O/c16-12-7-10(17)4-5-13(12)18-9-11-8-15(21)20-6-2-1-3-14(20)19-11/h1-8,18H,9H2. The van der Waals surface area contributed by atoms with Crippen LogP contribution in [-0.4, -0.2) is 9.38 Å². The number of rotatable bonds is 3. The Morgan fingerprint density at radius 2 is 2.10 bits per heavy atom. The molecule has 6 heteroatoms. The summed E-state index contributed by atoms with van der Waals surface area (Å²) in [6.45, 7) is 0.459. The topological polar surface area (TPSA) is 46.4 Å². The van der Waals surface area contributed by atoms with Gasteiger partial charge >= 0.3 is 0 Å². The quantitative estimate of drug-likeness (QED) is 0.770. The molecule has 0 bridgehead atoms. The number of anilines is 1. The van der Waals surface area contributed by atoms with Gasteiger partial charge < -0.3 is 5.32 Å². The maximum absolute atomic E-state index is 12.0. The van der Waals surface area contributed by atoms with E-state index in [4.69, 9.17) is 11.6 Å². The molecule has 3 rings (SSSR count). The highest BCUT2D eigenvalue weighted by Crippen LogP contribution is 2.26. The van der Waals surface area contributed by atoms with E-state index in [0.29, 0.717) is 22.9 Å². The van der Waals surface area contributed by atoms with Crippen LogP contribution in [0.4, 0.5) is 5.69 Å². The van der Waals surface area contributed by atoms with Gasteiger partial charge in [0, 0.05) is 27.4 Å². The van der Waals surface area contributed by atoms with Crippen molar-refractivity contribution in [1.29, 1.82) is 0 Å². The van der Waals surface area contributed by atoms with Crippen molar-refractivity contribution >= 4 is 38.9 Å². The van der Waals surface area contributed by atoms with Gasteiger partial charge in [-0.2, -0.15) is 0 Å². The number of nitrogens with one attached hydrogen (secondary N) is 1. The molecule has 3 aromatic rings. The minimum Gasteiger partial charge on any atom is -0.378 e. The molecule has 0 saturated heterocycles. The zero-order chi connectivity index (χ0) is 14.8. The van der Waals surface area contributed by atoms with Crippen LogP contribution in [0.1, 0.15) is 5.69 Å². The van der Waals surface area contributed by atoms with Crippen LogP contribution in [0.2, 0.25) is 5.02 Å². The predicted molar refractivity (Wildman–Crippen MR) is 87.9 cm³/mol. The Morgan fingerprint density at radius 1 is 1.24 bits per heavy atom. The molecule has 0 atom stereocenters. The van der Waals surface area contributed by atoms with Crippen LogP contribution >= 0.6 is 27.5 Å². The highest BCUT2D eigenvalue weighted by Gasteiger charge is 2.04. The van der Waals surface area contributed by atoms with Crippen LogP contribution in [0, 0.1) is 0 Å². The monoisotopic (exact) mass is 363 g/mol. The zero-order valence-electron chi connectivity index (χ0n) is 10.9. The van der Waals surface area contributed by atoms with Crippen molar-refractivity contribution < 1.29 is 0 Å². The molecule has 1 aromatic carbocycles. The van der Waals surface area contributed by atoms with E-state index in [0.717, 1.165) is 10.2 Å². The average Bonchev–Trinajstić information content (AvgIpc) is 2.46. The van der Waals surface area contributed by atoms with Crippen LogP contribution in [-0.2, 0) is 6.54 Å². The first kappa shape index (κ1) is 14.1. The fraction of sp³-hybridized carbons (Fsp3) is 0.0667. The maximum Gasteiger partial charge on any atom is 0.258 e. The molecule has 0 spiro atoms. The SMILES string of the molecule is O=c1cc(CNc2ccc(Cl)cc2Br)nc2ccccn12. The number of nitrogens with zero attached hydrogens (tertiary/aromatic N) is 2. The number of halogens is 2. The molecular formula is C15H11BrClN3O. The first-order valence-corrected chi connectivity index (χ1v) is 7.47. The summed E-state index contributed by atoms with van der Waals surface area (Å²) < 4.78 is 2.38. The number of pyridine rings is 1. The van der Waals surface area contributed by atoms with Crippen LogP contribution in [0.5, 0.6) is 0 Å². The van der Waals surface area contributed by atoms with Crippen molar-refractivity contribution in [3.05, 3.63) is 74.2 Å². The van der Waals surface area contributed by atoms with Crippen molar-refractivity contribution in [3.63, 3.8) is 0 Å². The van der Waals surface area contributed by atoms with E-state index in [1.807, 2.05) is 24.3 Å². The molecule has 0 unspecified atom stereocenters. The third-order valence-corrected chi connectivity index (χ3v) is 3.91. The van der Waals surface area contributed by atoms with Gasteiger partial charge in [0.1, 0.15) is 5.65 Å². The minimum absolute atomic E-state index is 0.0902. The minimum atomic E-state index is -0.0902. The summed E-state index contributed by atoms with van der Waals surface area (Å²) in [6, 6.07) is 12.5. The molecule has 1 N–H and O–H groups in total. The molecule has 0 saturated carbocycles. The third-order valence-electron chi connectivity index (χ3n) is 3.02. The summed E-state index contributed by atoms with van der Waals surface area (Å²) in [5, 5.41) is 3.89. The van der Waals surface area contributed by atoms with Crippen LogP contribution in [0.3, 0.4) is 0 Å². The number of hydrogen-bond donors (Lipinski definition) is 1. The molecule has 2 heterocycles. The first-order valence-electron chi connectivity index (χ1n) is 6.30. The Morgan fingerprint density at radius 3 is 2.90 bits per heavy atom. The van der Waals surface area contributed by atoms with Gasteiger partial charge in [0.2, 0.25) is 0 Å². The highest BCUT2D eigenvalue weighted by atomic mass is 79.9. The Kier molecular flexibility index (Phi) is 3.94.